The molecular formula is CH8Ca2Na2O9S2. The van der Waals surface area contributed by atoms with Crippen LogP contribution in [0.15, 0.2) is 0 Å². The number of hydrogen-bond donors (Lipinski definition) is 2. The molecule has 0 aliphatic heterocycles. The number of carbonyl (C=O) groups excluding carboxylic acids is 1. The van der Waals surface area contributed by atoms with E-state index in [4.69, 9.17) is 9.11 Å². The molecule has 0 aromatic rings. The van der Waals surface area contributed by atoms with Crippen LogP contribution in [0.4, 0.5) is 4.79 Å². The third-order valence-electron chi connectivity index (χ3n) is 0.347. The molecule has 0 heterocycles. The summed E-state index contributed by atoms with van der Waals surface area (Å²) in [5.74, 6) is 0. The molecule has 0 aromatic heterocycles. The summed E-state index contributed by atoms with van der Waals surface area (Å²) in [4.78, 5) is 9.95. The van der Waals surface area contributed by atoms with Crippen molar-refractivity contribution in [3.8, 4) is 0 Å². The Balaban J connectivity index is -0.0000000134. The van der Waals surface area contributed by atoms with Crippen molar-refractivity contribution < 1.29 is 107 Å². The summed E-state index contributed by atoms with van der Waals surface area (Å²) < 4.78 is 60.1. The minimum atomic E-state index is -5.15. The van der Waals surface area contributed by atoms with Gasteiger partial charge in [0.05, 0.1) is 0 Å². The van der Waals surface area contributed by atoms with E-state index in [-0.39, 0.29) is 143 Å². The Morgan fingerprint density at radius 1 is 0.875 bits per heavy atom. The van der Waals surface area contributed by atoms with E-state index in [0.29, 0.717) is 0 Å². The zero-order valence-electron chi connectivity index (χ0n) is 14.5. The van der Waals surface area contributed by atoms with Crippen LogP contribution in [0, 0.1) is 0 Å². The van der Waals surface area contributed by atoms with Gasteiger partial charge in [-0.3, -0.25) is 17.5 Å². The molecule has 0 radical (unpaired) electrons. The van der Waals surface area contributed by atoms with Gasteiger partial charge in [-0.05, 0) is 0 Å². The van der Waals surface area contributed by atoms with Crippen LogP contribution in [0.1, 0.15) is 8.56 Å². The van der Waals surface area contributed by atoms with Crippen LogP contribution in [0.5, 0.6) is 0 Å². The van der Waals surface area contributed by atoms with Gasteiger partial charge in [0.2, 0.25) is 0 Å². The summed E-state index contributed by atoms with van der Waals surface area (Å²) in [5, 5.41) is 0. The fourth-order valence-electron chi connectivity index (χ4n) is 0.186. The van der Waals surface area contributed by atoms with Crippen LogP contribution in [-0.2, 0) is 29.2 Å². The van der Waals surface area contributed by atoms with E-state index in [2.05, 4.69) is 8.37 Å². The third kappa shape index (κ3) is 26.2. The molecule has 0 atom stereocenters. The van der Waals surface area contributed by atoms with E-state index in [9.17, 15) is 21.6 Å². The molecular weight excluding hydrogens is 346 g/mol. The van der Waals surface area contributed by atoms with Gasteiger partial charge in [0.15, 0.2) is 0 Å². The van der Waals surface area contributed by atoms with Crippen molar-refractivity contribution in [2.45, 2.75) is 0 Å². The second kappa shape index (κ2) is 13.6. The van der Waals surface area contributed by atoms with Crippen molar-refractivity contribution in [3.05, 3.63) is 0 Å². The largest absolute Gasteiger partial charge is 2.00 e. The molecule has 0 bridgehead atoms. The molecule has 0 aliphatic carbocycles. The van der Waals surface area contributed by atoms with E-state index >= 15 is 0 Å². The van der Waals surface area contributed by atoms with Crippen LogP contribution in [0.3, 0.4) is 0 Å². The predicted molar refractivity (Wildman–Crippen MR) is 48.8 cm³/mol. The average Bonchev–Trinajstić information content (AvgIpc) is 1.49. The Hall–Kier alpha value is 3.61. The van der Waals surface area contributed by atoms with E-state index in [1.54, 1.807) is 0 Å². The van der Waals surface area contributed by atoms with Crippen molar-refractivity contribution >= 4 is 102 Å². The smallest absolute Gasteiger partial charge is 1.00 e. The van der Waals surface area contributed by atoms with Gasteiger partial charge in [-0.1, -0.05) is 0 Å². The molecule has 15 heteroatoms. The fraction of sp³-hybridized carbons (Fsp3) is 0. The van der Waals surface area contributed by atoms with Crippen LogP contribution in [0.25, 0.3) is 0 Å². The van der Waals surface area contributed by atoms with Crippen molar-refractivity contribution in [1.82, 2.24) is 0 Å². The van der Waals surface area contributed by atoms with Gasteiger partial charge in [0, 0.05) is 0 Å². The van der Waals surface area contributed by atoms with Crippen molar-refractivity contribution in [3.63, 3.8) is 0 Å². The number of hydrogen-bond acceptors (Lipinski definition) is 7. The van der Waals surface area contributed by atoms with Gasteiger partial charge in [0.1, 0.15) is 0 Å². The summed E-state index contributed by atoms with van der Waals surface area (Å²) in [5.41, 5.74) is 0. The summed E-state index contributed by atoms with van der Waals surface area (Å²) in [6.45, 7) is 0. The monoisotopic (exact) mass is 354 g/mol. The zero-order chi connectivity index (χ0) is 9.99. The first-order chi connectivity index (χ1) is 5.10. The molecule has 16 heavy (non-hydrogen) atoms. The molecule has 2 N–H and O–H groups in total. The average molecular weight is 354 g/mol. The minimum Gasteiger partial charge on any atom is -1.00 e. The summed E-state index contributed by atoms with van der Waals surface area (Å²) >= 11 is 0. The molecule has 0 aliphatic rings. The first-order valence-corrected chi connectivity index (χ1v) is 4.71. The van der Waals surface area contributed by atoms with Gasteiger partial charge in [-0.2, -0.15) is 16.8 Å². The van der Waals surface area contributed by atoms with Crippen molar-refractivity contribution in [2.75, 3.05) is 0 Å². The number of carbonyl (C=O) groups is 1. The maximum Gasteiger partial charge on any atom is 2.00 e. The van der Waals surface area contributed by atoms with Crippen LogP contribution < -0.4 is 59.1 Å². The van der Waals surface area contributed by atoms with Gasteiger partial charge in [-0.25, -0.2) is 4.79 Å². The van der Waals surface area contributed by atoms with Gasteiger partial charge < -0.3 is 8.56 Å². The quantitative estimate of drug-likeness (QED) is 0.365. The molecule has 0 saturated carbocycles. The molecule has 9 nitrogen and oxygen atoms in total. The maximum atomic E-state index is 9.95. The topological polar surface area (TPSA) is 144 Å². The molecule has 0 saturated heterocycles. The van der Waals surface area contributed by atoms with Crippen LogP contribution >= 0.6 is 0 Å². The molecule has 0 rings (SSSR count). The summed E-state index contributed by atoms with van der Waals surface area (Å²) in [6.07, 6.45) is -2.29. The predicted octanol–water partition coefficient (Wildman–Crippen LogP) is -7.33. The van der Waals surface area contributed by atoms with E-state index in [1.165, 1.54) is 0 Å². The standard InChI is InChI=1S/CH2O9S2.2Ca.2Na.6H/c2-1(9-11(3,4)5)10-12(6,7)8;;;;;;;;;;/h(H,3,4,5)(H,6,7,8);;;;;;;;;;/q;2*+2;2*+1;6*-1. The summed E-state index contributed by atoms with van der Waals surface area (Å²) in [6, 6.07) is 0. The molecule has 0 fully saturated rings. The van der Waals surface area contributed by atoms with E-state index in [0.717, 1.165) is 0 Å². The first-order valence-electron chi connectivity index (χ1n) is 1.98. The van der Waals surface area contributed by atoms with Gasteiger partial charge in [-0.15, -0.1) is 0 Å². The fourth-order valence-corrected chi connectivity index (χ4v) is 0.641. The second-order valence-electron chi connectivity index (χ2n) is 1.27. The SMILES string of the molecule is O=C(OS(=O)(=O)O)OS(=O)(=O)O.[Ca+2].[Ca+2].[H-].[H-].[H-].[H-].[H-].[H-].[Na+].[Na+]. The molecule has 84 valence electrons. The van der Waals surface area contributed by atoms with Crippen molar-refractivity contribution in [2.24, 2.45) is 0 Å². The molecule has 0 amide bonds. The first kappa shape index (κ1) is 31.8. The molecule has 0 unspecified atom stereocenters. The molecule has 0 aromatic carbocycles. The van der Waals surface area contributed by atoms with E-state index < -0.39 is 27.0 Å². The Kier molecular flexibility index (Phi) is 27.0. The normalized spacial score (nSPS) is 9.12. The third-order valence-corrected chi connectivity index (χ3v) is 1.04. The Bertz CT molecular complexity index is 355. The Morgan fingerprint density at radius 2 is 1.06 bits per heavy atom. The zero-order valence-corrected chi connectivity index (χ0v) is 18.5. The van der Waals surface area contributed by atoms with Crippen LogP contribution in [0.2, 0.25) is 0 Å². The van der Waals surface area contributed by atoms with Crippen molar-refractivity contribution in [1.29, 1.82) is 0 Å². The Labute approximate surface area is 205 Å². The van der Waals surface area contributed by atoms with Gasteiger partial charge in [0.25, 0.3) is 0 Å². The minimum absolute atomic E-state index is 0. The number of rotatable bonds is 2. The second-order valence-corrected chi connectivity index (χ2v) is 3.32. The van der Waals surface area contributed by atoms with Gasteiger partial charge >= 0.3 is 162 Å². The molecule has 0 spiro atoms. The van der Waals surface area contributed by atoms with Crippen LogP contribution in [-0.4, -0.2) is 108 Å². The summed E-state index contributed by atoms with van der Waals surface area (Å²) in [7, 11) is -10.3. The Morgan fingerprint density at radius 3 is 1.19 bits per heavy atom. The van der Waals surface area contributed by atoms with E-state index in [1.807, 2.05) is 0 Å². The maximum absolute atomic E-state index is 9.95.